The van der Waals surface area contributed by atoms with Gasteiger partial charge in [-0.25, -0.2) is 9.48 Å². The third-order valence-electron chi connectivity index (χ3n) is 10.2. The fourth-order valence-electron chi connectivity index (χ4n) is 7.44. The third kappa shape index (κ3) is 9.94. The van der Waals surface area contributed by atoms with Gasteiger partial charge in [0.1, 0.15) is 17.7 Å². The van der Waals surface area contributed by atoms with Crippen molar-refractivity contribution in [2.45, 2.75) is 108 Å². The van der Waals surface area contributed by atoms with Crippen LogP contribution in [-0.4, -0.2) is 102 Å². The molecular weight excluding hydrogens is 698 g/mol. The Balaban J connectivity index is 1.44. The number of fused-ring (bicyclic) bond motifs is 1. The minimum atomic E-state index is -1.36. The maximum absolute atomic E-state index is 14.8. The summed E-state index contributed by atoms with van der Waals surface area (Å²) >= 11 is 0. The molecule has 3 heterocycles. The van der Waals surface area contributed by atoms with E-state index in [4.69, 9.17) is 10.8 Å². The van der Waals surface area contributed by atoms with Gasteiger partial charge in [-0.15, -0.1) is 5.10 Å². The van der Waals surface area contributed by atoms with Gasteiger partial charge in [0.15, 0.2) is 0 Å². The zero-order valence-corrected chi connectivity index (χ0v) is 30.6. The van der Waals surface area contributed by atoms with E-state index in [-0.39, 0.29) is 38.3 Å². The van der Waals surface area contributed by atoms with Crippen molar-refractivity contribution in [2.24, 2.45) is 11.7 Å². The van der Waals surface area contributed by atoms with Gasteiger partial charge in [0.05, 0.1) is 29.5 Å². The number of aromatic nitrogens is 4. The number of amides is 5. The van der Waals surface area contributed by atoms with E-state index in [9.17, 15) is 33.9 Å². The molecule has 2 unspecified atom stereocenters. The van der Waals surface area contributed by atoms with Gasteiger partial charge >= 0.3 is 6.09 Å². The van der Waals surface area contributed by atoms with Gasteiger partial charge in [-0.3, -0.25) is 29.0 Å². The number of carboxylic acid groups (broad SMARTS) is 1. The Bertz CT molecular complexity index is 1850. The van der Waals surface area contributed by atoms with Crippen molar-refractivity contribution in [3.8, 4) is 0 Å². The number of nitrogens with two attached hydrogens (primary N) is 1. The molecule has 0 radical (unpaired) electrons. The smallest absolute Gasteiger partial charge is 0.404 e. The Kier molecular flexibility index (Phi) is 12.9. The molecule has 2 fully saturated rings. The van der Waals surface area contributed by atoms with E-state index in [2.05, 4.69) is 31.2 Å². The maximum atomic E-state index is 14.8. The van der Waals surface area contributed by atoms with Crippen LogP contribution in [-0.2, 0) is 24.8 Å². The molecule has 17 nitrogen and oxygen atoms in total. The molecule has 7 N–H and O–H groups in total. The highest BCUT2D eigenvalue weighted by atomic mass is 16.4. The highest BCUT2D eigenvalue weighted by Gasteiger charge is 2.45. The molecule has 54 heavy (non-hydrogen) atoms. The lowest BCUT2D eigenvalue weighted by Gasteiger charge is -2.32. The standard InChI is InChI=1S/C37H49N9O8/c1-37(2,54)30-20-41-44-46(30)25-19-29(34(50)42-26(31(47)32(38)48)12-6-7-15-40-36(52)53)45(21-25)35(51)28(17-22-9-4-3-5-10-22)43-33(49)24-14-13-23-11-8-16-39-27(23)18-24/h8,11,13-14,16,18,20,22,25-26,28-29,40,54H,3-7,9-10,12,15,17,19,21H2,1-2H3,(H2,38,48)(H,42,50)(H,43,49)(H,52,53)/t25-,26?,28?,29-/m0/s1. The van der Waals surface area contributed by atoms with Crippen molar-refractivity contribution >= 4 is 46.4 Å². The van der Waals surface area contributed by atoms with Crippen LogP contribution in [0, 0.1) is 5.92 Å². The van der Waals surface area contributed by atoms with E-state index < -0.39 is 65.3 Å². The molecule has 290 valence electrons. The number of unbranched alkanes of at least 4 members (excludes halogenated alkanes) is 1. The number of ketones is 1. The third-order valence-corrected chi connectivity index (χ3v) is 10.2. The zero-order chi connectivity index (χ0) is 39.0. The van der Waals surface area contributed by atoms with Crippen LogP contribution in [0.25, 0.3) is 10.9 Å². The Morgan fingerprint density at radius 1 is 1.02 bits per heavy atom. The summed E-state index contributed by atoms with van der Waals surface area (Å²) in [6.45, 7) is 3.19. The molecule has 5 rings (SSSR count). The number of carbonyl (C=O) groups is 6. The van der Waals surface area contributed by atoms with E-state index in [0.29, 0.717) is 29.6 Å². The van der Waals surface area contributed by atoms with Crippen molar-refractivity contribution in [1.29, 1.82) is 0 Å². The number of likely N-dealkylation sites (tertiary alicyclic amines) is 1. The summed E-state index contributed by atoms with van der Waals surface area (Å²) < 4.78 is 1.48. The number of hydrogen-bond acceptors (Lipinski definition) is 10. The van der Waals surface area contributed by atoms with Crippen LogP contribution >= 0.6 is 0 Å². The van der Waals surface area contributed by atoms with Crippen LogP contribution in [0.15, 0.2) is 42.7 Å². The van der Waals surface area contributed by atoms with Gasteiger partial charge in [0.25, 0.3) is 11.8 Å². The summed E-state index contributed by atoms with van der Waals surface area (Å²) in [4.78, 5) is 84.1. The summed E-state index contributed by atoms with van der Waals surface area (Å²) in [7, 11) is 0. The highest BCUT2D eigenvalue weighted by Crippen LogP contribution is 2.33. The molecule has 3 aromatic rings. The molecule has 2 aliphatic rings. The van der Waals surface area contributed by atoms with E-state index in [1.54, 1.807) is 44.3 Å². The minimum absolute atomic E-state index is 0.00812. The fourth-order valence-corrected chi connectivity index (χ4v) is 7.44. The average Bonchev–Trinajstić information content (AvgIpc) is 3.82. The maximum Gasteiger partial charge on any atom is 0.404 e. The second-order valence-electron chi connectivity index (χ2n) is 14.7. The predicted octanol–water partition coefficient (Wildman–Crippen LogP) is 1.94. The number of rotatable bonds is 16. The van der Waals surface area contributed by atoms with Crippen LogP contribution < -0.4 is 21.7 Å². The second kappa shape index (κ2) is 17.6. The van der Waals surface area contributed by atoms with Crippen molar-refractivity contribution in [2.75, 3.05) is 13.1 Å². The number of nitrogens with one attached hydrogen (secondary N) is 3. The lowest BCUT2D eigenvalue weighted by molar-refractivity contribution is -0.142. The zero-order valence-electron chi connectivity index (χ0n) is 30.6. The second-order valence-corrected chi connectivity index (χ2v) is 14.7. The van der Waals surface area contributed by atoms with Crippen molar-refractivity contribution in [1.82, 2.24) is 40.8 Å². The quantitative estimate of drug-likeness (QED) is 0.0912. The SMILES string of the molecule is CC(C)(O)c1cnnn1[C@H]1C[C@@H](C(=O)NC(CCCCNC(=O)O)C(=O)C(N)=O)N(C(=O)C(CC2CCCCC2)NC(=O)c2ccc3cccnc3c2)C1. The summed E-state index contributed by atoms with van der Waals surface area (Å²) in [5.41, 5.74) is 5.26. The first kappa shape index (κ1) is 39.8. The summed E-state index contributed by atoms with van der Waals surface area (Å²) in [5, 5.41) is 36.6. The van der Waals surface area contributed by atoms with Gasteiger partial charge < -0.3 is 36.8 Å². The number of carbonyl (C=O) groups excluding carboxylic acids is 5. The number of hydrogen-bond donors (Lipinski definition) is 6. The van der Waals surface area contributed by atoms with E-state index in [1.807, 2.05) is 6.07 Å². The van der Waals surface area contributed by atoms with Crippen LogP contribution in [0.5, 0.6) is 0 Å². The van der Waals surface area contributed by atoms with Crippen LogP contribution in [0.2, 0.25) is 0 Å². The van der Waals surface area contributed by atoms with Crippen molar-refractivity contribution in [3.63, 3.8) is 0 Å². The van der Waals surface area contributed by atoms with Crippen LogP contribution in [0.3, 0.4) is 0 Å². The Morgan fingerprint density at radius 2 is 1.78 bits per heavy atom. The number of nitrogens with zero attached hydrogens (tertiary/aromatic N) is 5. The molecule has 1 saturated heterocycles. The predicted molar refractivity (Wildman–Crippen MR) is 195 cm³/mol. The van der Waals surface area contributed by atoms with E-state index >= 15 is 0 Å². The van der Waals surface area contributed by atoms with Crippen LogP contribution in [0.1, 0.15) is 100 Å². The van der Waals surface area contributed by atoms with E-state index in [1.165, 1.54) is 15.8 Å². The molecule has 1 aliphatic heterocycles. The lowest BCUT2D eigenvalue weighted by atomic mass is 9.84. The van der Waals surface area contributed by atoms with Gasteiger partial charge in [-0.2, -0.15) is 0 Å². The monoisotopic (exact) mass is 747 g/mol. The Labute approximate surface area is 312 Å². The Hall–Kier alpha value is -5.45. The molecular formula is C37H49N9O8. The summed E-state index contributed by atoms with van der Waals surface area (Å²) in [6.07, 6.45) is 7.64. The van der Waals surface area contributed by atoms with Gasteiger partial charge in [-0.05, 0) is 63.6 Å². The van der Waals surface area contributed by atoms with Crippen molar-refractivity contribution < 1.29 is 39.0 Å². The molecule has 4 atom stereocenters. The molecule has 2 aromatic heterocycles. The fraction of sp³-hybridized carbons (Fsp3) is 0.541. The first-order chi connectivity index (χ1) is 25.7. The molecule has 1 saturated carbocycles. The lowest BCUT2D eigenvalue weighted by Crippen LogP contribution is -2.56. The molecule has 5 amide bonds. The Morgan fingerprint density at radius 3 is 2.48 bits per heavy atom. The largest absolute Gasteiger partial charge is 0.465 e. The van der Waals surface area contributed by atoms with E-state index in [0.717, 1.165) is 37.5 Å². The average molecular weight is 748 g/mol. The molecule has 0 spiro atoms. The van der Waals surface area contributed by atoms with Gasteiger partial charge in [0, 0.05) is 36.7 Å². The first-order valence-corrected chi connectivity index (χ1v) is 18.4. The van der Waals surface area contributed by atoms with Gasteiger partial charge in [-0.1, -0.05) is 49.5 Å². The number of pyridine rings is 1. The summed E-state index contributed by atoms with van der Waals surface area (Å²) in [6, 6.07) is 4.65. The minimum Gasteiger partial charge on any atom is -0.465 e. The highest BCUT2D eigenvalue weighted by molar-refractivity contribution is 6.37. The normalized spacial score (nSPS) is 18.8. The number of aliphatic hydroxyl groups is 1. The molecule has 0 bridgehead atoms. The first-order valence-electron chi connectivity index (χ1n) is 18.4. The van der Waals surface area contributed by atoms with Crippen molar-refractivity contribution in [3.05, 3.63) is 54.0 Å². The number of benzene rings is 1. The number of Topliss-reactive ketones (excluding diaryl/α,β-unsaturated/α-hetero) is 1. The summed E-state index contributed by atoms with van der Waals surface area (Å²) in [5.74, 6) is -3.83. The van der Waals surface area contributed by atoms with Gasteiger partial charge in [0.2, 0.25) is 17.6 Å². The molecule has 1 aliphatic carbocycles. The van der Waals surface area contributed by atoms with Crippen LogP contribution in [0.4, 0.5) is 4.79 Å². The number of primary amides is 1. The topological polar surface area (TPSA) is 252 Å². The molecule has 17 heteroatoms. The molecule has 1 aromatic carbocycles.